The van der Waals surface area contributed by atoms with Gasteiger partial charge in [0.1, 0.15) is 0 Å². The number of nitrogens with zero attached hydrogens (tertiary/aromatic N) is 3. The van der Waals surface area contributed by atoms with Crippen molar-refractivity contribution in [3.05, 3.63) is 393 Å². The van der Waals surface area contributed by atoms with E-state index in [1.165, 1.54) is 121 Å². The minimum absolute atomic E-state index is 0. The lowest BCUT2D eigenvalue weighted by molar-refractivity contribution is 1.18. The van der Waals surface area contributed by atoms with Crippen LogP contribution in [-0.4, -0.2) is 9.13 Å². The number of anilines is 5. The minimum Gasteiger partial charge on any atom is -0.356 e. The third kappa shape index (κ3) is 13.5. The summed E-state index contributed by atoms with van der Waals surface area (Å²) in [6, 6.07) is 138. The van der Waals surface area contributed by atoms with Crippen LogP contribution in [0.25, 0.3) is 121 Å². The number of hydrogen-bond acceptors (Lipinski definition) is 2. The lowest BCUT2D eigenvalue weighted by atomic mass is 9.98. The van der Waals surface area contributed by atoms with Gasteiger partial charge in [-0.25, -0.2) is 0 Å². The van der Waals surface area contributed by atoms with Gasteiger partial charge in [0, 0.05) is 65.8 Å². The zero-order valence-electron chi connectivity index (χ0n) is 53.2. The molecule has 0 aliphatic carbocycles. The summed E-state index contributed by atoms with van der Waals surface area (Å²) in [5.41, 5.74) is 22.7. The second-order valence-electron chi connectivity index (χ2n) is 24.2. The van der Waals surface area contributed by atoms with Gasteiger partial charge in [0.05, 0.1) is 22.1 Å². The van der Waals surface area contributed by atoms with Crippen LogP contribution in [0.5, 0.6) is 0 Å². The largest absolute Gasteiger partial charge is 0.356 e. The van der Waals surface area contributed by atoms with Gasteiger partial charge in [-0.3, -0.25) is 0 Å². The van der Waals surface area contributed by atoms with Crippen molar-refractivity contribution in [2.45, 2.75) is 22.3 Å². The van der Waals surface area contributed by atoms with E-state index >= 15 is 0 Å². The fourth-order valence-electron chi connectivity index (χ4n) is 13.7. The Morgan fingerprint density at radius 2 is 0.550 bits per heavy atom. The van der Waals surface area contributed by atoms with Crippen molar-refractivity contribution in [2.24, 2.45) is 0 Å². The van der Waals surface area contributed by atoms with Crippen LogP contribution in [0.1, 0.15) is 22.3 Å². The predicted octanol–water partition coefficient (Wildman–Crippen LogP) is 28.1. The highest BCUT2D eigenvalue weighted by Crippen LogP contribution is 2.41. The van der Waals surface area contributed by atoms with Crippen molar-refractivity contribution >= 4 is 110 Å². The molecule has 2 aromatic heterocycles. The molecule has 5 heteroatoms. The standard InChI is InChI=1S/C46H32N2.C24H16BrN.C22H17N.3CH4/c1-3-14-37(15-4-1)47(40-29-24-35(25-30-40)42-20-11-13-34-12-7-8-18-41(34)42)39-27-22-33(23-28-39)36-26-31-46-44(32-36)43-19-9-10-21-45(43)48(46)38-16-5-2-6-17-38;25-19-13-10-17(11-14-19)18-12-15-24-22(16-18)21-8-4-5-9-23(21)26(24)20-6-2-1-3-7-20;1-2-9-19(10-3-1)23-20-15-13-18(14-16-20)22-12-6-8-17-7-4-5-11-21(17)22;;;/h1-32H;1-16H;1-16,23H;3*1H4. The highest BCUT2D eigenvalue weighted by molar-refractivity contribution is 9.10. The first-order chi connectivity index (χ1) is 48.0. The number of benzene rings is 16. The third-order valence-corrected chi connectivity index (χ3v) is 18.8. The maximum Gasteiger partial charge on any atom is 0.0541 e. The quantitative estimate of drug-likeness (QED) is 0.140. The molecule has 0 aliphatic rings. The molecule has 18 rings (SSSR count). The number of hydrogen-bond donors (Lipinski definition) is 1. The summed E-state index contributed by atoms with van der Waals surface area (Å²) in [6.45, 7) is 0. The molecule has 0 saturated heterocycles. The second kappa shape index (κ2) is 30.0. The van der Waals surface area contributed by atoms with E-state index in [4.69, 9.17) is 0 Å². The number of fused-ring (bicyclic) bond motifs is 8. The van der Waals surface area contributed by atoms with Crippen LogP contribution in [-0.2, 0) is 0 Å². The zero-order chi connectivity index (χ0) is 64.9. The molecule has 100 heavy (non-hydrogen) atoms. The highest BCUT2D eigenvalue weighted by atomic mass is 79.9. The van der Waals surface area contributed by atoms with Crippen molar-refractivity contribution in [1.82, 2.24) is 9.13 Å². The molecule has 0 amide bonds. The first-order valence-corrected chi connectivity index (χ1v) is 33.7. The van der Waals surface area contributed by atoms with Gasteiger partial charge in [-0.05, 0) is 200 Å². The normalized spacial score (nSPS) is 10.8. The average molecular weight is 1350 g/mol. The van der Waals surface area contributed by atoms with E-state index in [1.807, 2.05) is 18.2 Å². The van der Waals surface area contributed by atoms with Gasteiger partial charge in [-0.15, -0.1) is 0 Å². The maximum atomic E-state index is 3.52. The fourth-order valence-corrected chi connectivity index (χ4v) is 13.9. The van der Waals surface area contributed by atoms with Gasteiger partial charge >= 0.3 is 0 Å². The molecule has 1 N–H and O–H groups in total. The van der Waals surface area contributed by atoms with Crippen LogP contribution >= 0.6 is 15.9 Å². The predicted molar refractivity (Wildman–Crippen MR) is 437 cm³/mol. The molecule has 18 aromatic rings. The molecule has 0 fully saturated rings. The van der Waals surface area contributed by atoms with E-state index in [0.29, 0.717) is 0 Å². The molecule has 4 nitrogen and oxygen atoms in total. The highest BCUT2D eigenvalue weighted by Gasteiger charge is 2.18. The van der Waals surface area contributed by atoms with Crippen molar-refractivity contribution in [2.75, 3.05) is 10.2 Å². The summed E-state index contributed by atoms with van der Waals surface area (Å²) < 4.78 is 5.81. The van der Waals surface area contributed by atoms with Gasteiger partial charge in [0.2, 0.25) is 0 Å². The van der Waals surface area contributed by atoms with Gasteiger partial charge in [-0.2, -0.15) is 0 Å². The molecule has 0 radical (unpaired) electrons. The number of nitrogens with one attached hydrogen (secondary N) is 1. The van der Waals surface area contributed by atoms with Gasteiger partial charge in [0.15, 0.2) is 0 Å². The van der Waals surface area contributed by atoms with Crippen LogP contribution in [0.15, 0.2) is 393 Å². The maximum absolute atomic E-state index is 3.52. The van der Waals surface area contributed by atoms with Gasteiger partial charge < -0.3 is 19.4 Å². The second-order valence-corrected chi connectivity index (χ2v) is 25.1. The van der Waals surface area contributed by atoms with Crippen molar-refractivity contribution in [3.8, 4) is 55.9 Å². The van der Waals surface area contributed by atoms with Crippen LogP contribution in [0.4, 0.5) is 28.4 Å². The molecular formula is C95H77BrN4. The van der Waals surface area contributed by atoms with E-state index in [2.05, 4.69) is 405 Å². The Balaban J connectivity index is 0.000000146. The Morgan fingerprint density at radius 1 is 0.230 bits per heavy atom. The Labute approximate surface area is 595 Å². The summed E-state index contributed by atoms with van der Waals surface area (Å²) in [5.74, 6) is 0. The molecular weight excluding hydrogens is 1280 g/mol. The van der Waals surface area contributed by atoms with Crippen molar-refractivity contribution in [3.63, 3.8) is 0 Å². The van der Waals surface area contributed by atoms with Crippen molar-refractivity contribution < 1.29 is 0 Å². The number of halogens is 1. The fraction of sp³-hybridized carbons (Fsp3) is 0.0316. The van der Waals surface area contributed by atoms with E-state index in [9.17, 15) is 0 Å². The van der Waals surface area contributed by atoms with Crippen LogP contribution in [0.2, 0.25) is 0 Å². The molecule has 16 aromatic carbocycles. The monoisotopic (exact) mass is 1350 g/mol. The molecule has 0 bridgehead atoms. The summed E-state index contributed by atoms with van der Waals surface area (Å²) in [6.07, 6.45) is 0. The number of para-hydroxylation sites is 6. The Morgan fingerprint density at radius 3 is 1.01 bits per heavy atom. The van der Waals surface area contributed by atoms with E-state index in [1.54, 1.807) is 0 Å². The molecule has 0 unspecified atom stereocenters. The van der Waals surface area contributed by atoms with Gasteiger partial charge in [0.25, 0.3) is 0 Å². The van der Waals surface area contributed by atoms with E-state index in [-0.39, 0.29) is 22.3 Å². The zero-order valence-corrected chi connectivity index (χ0v) is 54.8. The number of aromatic nitrogens is 2. The van der Waals surface area contributed by atoms with Crippen molar-refractivity contribution in [1.29, 1.82) is 0 Å². The lowest BCUT2D eigenvalue weighted by Gasteiger charge is -2.26. The third-order valence-electron chi connectivity index (χ3n) is 18.3. The van der Waals surface area contributed by atoms with E-state index in [0.717, 1.165) is 32.9 Å². The molecule has 0 atom stereocenters. The summed E-state index contributed by atoms with van der Waals surface area (Å²) in [7, 11) is 0. The smallest absolute Gasteiger partial charge is 0.0541 e. The molecule has 0 aliphatic heterocycles. The molecule has 0 saturated carbocycles. The topological polar surface area (TPSA) is 25.1 Å². The van der Waals surface area contributed by atoms with E-state index < -0.39 is 0 Å². The molecule has 0 spiro atoms. The van der Waals surface area contributed by atoms with Crippen LogP contribution in [0, 0.1) is 0 Å². The first kappa shape index (κ1) is 66.3. The van der Waals surface area contributed by atoms with Crippen LogP contribution < -0.4 is 10.2 Å². The SMILES string of the molecule is Brc1ccc(-c2ccc3c(c2)c2ccccc2n3-c2ccccc2)cc1.C.C.C.c1ccc(N(c2ccc(-c3ccc4c(c3)c3ccccc3n4-c3ccccc3)cc2)c2ccc(-c3cccc4ccccc34)cc2)cc1.c1ccc(Nc2ccc(-c3cccc4ccccc34)cc2)cc1. The Kier molecular flexibility index (Phi) is 19.9. The Hall–Kier alpha value is -12.3. The number of rotatable bonds is 11. The summed E-state index contributed by atoms with van der Waals surface area (Å²) in [5, 5.41) is 13.6. The Bertz CT molecular complexity index is 5740. The minimum atomic E-state index is 0. The summed E-state index contributed by atoms with van der Waals surface area (Å²) >= 11 is 3.52. The first-order valence-electron chi connectivity index (χ1n) is 32.9. The average Bonchev–Trinajstić information content (AvgIpc) is 1.60. The lowest BCUT2D eigenvalue weighted by Crippen LogP contribution is -2.09. The molecule has 2 heterocycles. The van der Waals surface area contributed by atoms with Crippen LogP contribution in [0.3, 0.4) is 0 Å². The molecule has 484 valence electrons. The van der Waals surface area contributed by atoms with Gasteiger partial charge in [-0.1, -0.05) is 293 Å². The summed E-state index contributed by atoms with van der Waals surface area (Å²) in [4.78, 5) is 2.33.